The van der Waals surface area contributed by atoms with Crippen LogP contribution in [0, 0.1) is 11.8 Å². The van der Waals surface area contributed by atoms with Crippen LogP contribution in [0.5, 0.6) is 5.75 Å². The molecule has 0 fully saturated rings. The number of unbranched alkanes of at least 4 members (excludes halogenated alkanes) is 8. The minimum Gasteiger partial charge on any atom is -0.452 e. The zero-order chi connectivity index (χ0) is 21.2. The molecule has 1 rings (SSSR count). The van der Waals surface area contributed by atoms with Crippen LogP contribution in [0.2, 0.25) is 0 Å². The Labute approximate surface area is 183 Å². The summed E-state index contributed by atoms with van der Waals surface area (Å²) in [5.74, 6) is 5.74. The number of hydrogen-bond donors (Lipinski definition) is 0. The molecule has 0 atom stereocenters. The molecule has 0 saturated carbocycles. The Morgan fingerprint density at radius 1 is 0.828 bits per heavy atom. The van der Waals surface area contributed by atoms with Crippen molar-refractivity contribution >= 4 is 27.9 Å². The molecule has 0 bridgehead atoms. The summed E-state index contributed by atoms with van der Waals surface area (Å²) in [5.41, 5.74) is 0. The third-order valence-electron chi connectivity index (χ3n) is 4.39. The van der Waals surface area contributed by atoms with Crippen molar-refractivity contribution in [3.8, 4) is 17.6 Å². The fourth-order valence-corrected chi connectivity index (χ4v) is 3.00. The second-order valence-electron chi connectivity index (χ2n) is 7.02. The number of esters is 2. The van der Waals surface area contributed by atoms with Crippen molar-refractivity contribution in [2.24, 2.45) is 0 Å². The number of hydrogen-bond acceptors (Lipinski definition) is 4. The molecular weight excluding hydrogens is 432 g/mol. The number of carbonyl (C=O) groups is 2. The van der Waals surface area contributed by atoms with Gasteiger partial charge in [0.25, 0.3) is 0 Å². The van der Waals surface area contributed by atoms with Gasteiger partial charge in [-0.2, -0.15) is 0 Å². The minimum absolute atomic E-state index is 0.124. The van der Waals surface area contributed by atoms with E-state index in [-0.39, 0.29) is 31.4 Å². The lowest BCUT2D eigenvalue weighted by atomic mass is 10.1. The lowest BCUT2D eigenvalue weighted by Crippen LogP contribution is -2.10. The first-order valence-corrected chi connectivity index (χ1v) is 11.5. The lowest BCUT2D eigenvalue weighted by Gasteiger charge is -2.04. The second kappa shape index (κ2) is 17.1. The van der Waals surface area contributed by atoms with Gasteiger partial charge in [0.2, 0.25) is 0 Å². The largest absolute Gasteiger partial charge is 0.452 e. The molecule has 29 heavy (non-hydrogen) atoms. The zero-order valence-corrected chi connectivity index (χ0v) is 19.1. The van der Waals surface area contributed by atoms with Crippen LogP contribution in [0.15, 0.2) is 28.7 Å². The van der Waals surface area contributed by atoms with Crippen molar-refractivity contribution < 1.29 is 19.1 Å². The van der Waals surface area contributed by atoms with Crippen molar-refractivity contribution in [2.75, 3.05) is 6.61 Å². The van der Waals surface area contributed by atoms with Gasteiger partial charge in [-0.25, -0.2) is 0 Å². The van der Waals surface area contributed by atoms with E-state index in [2.05, 4.69) is 34.7 Å². The van der Waals surface area contributed by atoms with Gasteiger partial charge >= 0.3 is 11.9 Å². The van der Waals surface area contributed by atoms with Crippen molar-refractivity contribution in [1.29, 1.82) is 0 Å². The van der Waals surface area contributed by atoms with E-state index in [4.69, 9.17) is 9.47 Å². The van der Waals surface area contributed by atoms with Crippen molar-refractivity contribution in [3.05, 3.63) is 28.7 Å². The predicted molar refractivity (Wildman–Crippen MR) is 120 cm³/mol. The van der Waals surface area contributed by atoms with Crippen LogP contribution >= 0.6 is 15.9 Å². The van der Waals surface area contributed by atoms with E-state index < -0.39 is 0 Å². The maximum Gasteiger partial charge on any atom is 0.311 e. The normalized spacial score (nSPS) is 10.1. The van der Waals surface area contributed by atoms with Crippen LogP contribution in [-0.2, 0) is 14.3 Å². The first-order chi connectivity index (χ1) is 14.1. The highest BCUT2D eigenvalue weighted by atomic mass is 79.9. The third kappa shape index (κ3) is 14.8. The van der Waals surface area contributed by atoms with Gasteiger partial charge in [0.05, 0.1) is 0 Å². The van der Waals surface area contributed by atoms with E-state index in [9.17, 15) is 9.59 Å². The average Bonchev–Trinajstić information content (AvgIpc) is 2.70. The Kier molecular flexibility index (Phi) is 14.9. The van der Waals surface area contributed by atoms with Crippen molar-refractivity contribution in [2.45, 2.75) is 84.0 Å². The van der Waals surface area contributed by atoms with Gasteiger partial charge in [-0.1, -0.05) is 79.6 Å². The molecule has 0 heterocycles. The summed E-state index contributed by atoms with van der Waals surface area (Å²) in [4.78, 5) is 23.4. The smallest absolute Gasteiger partial charge is 0.311 e. The predicted octanol–water partition coefficient (Wildman–Crippen LogP) is 6.60. The molecule has 0 unspecified atom stereocenters. The van der Waals surface area contributed by atoms with Crippen molar-refractivity contribution in [1.82, 2.24) is 0 Å². The Balaban J connectivity index is 1.97. The average molecular weight is 465 g/mol. The Morgan fingerprint density at radius 3 is 2.14 bits per heavy atom. The van der Waals surface area contributed by atoms with Gasteiger partial charge in [-0.05, 0) is 37.1 Å². The first kappa shape index (κ1) is 25.2. The van der Waals surface area contributed by atoms with E-state index in [1.807, 2.05) is 0 Å². The van der Waals surface area contributed by atoms with E-state index in [1.165, 1.54) is 44.9 Å². The summed E-state index contributed by atoms with van der Waals surface area (Å²) in [6, 6.07) is 7.02. The van der Waals surface area contributed by atoms with E-state index >= 15 is 0 Å². The Morgan fingerprint density at radius 2 is 1.45 bits per heavy atom. The topological polar surface area (TPSA) is 52.6 Å². The molecular formula is C24H33BrO4. The van der Waals surface area contributed by atoms with Gasteiger partial charge in [0, 0.05) is 23.7 Å². The highest BCUT2D eigenvalue weighted by Gasteiger charge is 2.08. The number of carbonyl (C=O) groups excluding carboxylic acids is 2. The Bertz CT molecular complexity index is 643. The summed E-state index contributed by atoms with van der Waals surface area (Å²) in [7, 11) is 0. The fraction of sp³-hybridized carbons (Fsp3) is 0.583. The monoisotopic (exact) mass is 464 g/mol. The molecule has 4 nitrogen and oxygen atoms in total. The van der Waals surface area contributed by atoms with Crippen LogP contribution in [0.1, 0.15) is 84.0 Å². The molecule has 1 aromatic carbocycles. The van der Waals surface area contributed by atoms with Gasteiger partial charge in [0.1, 0.15) is 5.75 Å². The second-order valence-corrected chi connectivity index (χ2v) is 7.94. The molecule has 5 heteroatoms. The highest BCUT2D eigenvalue weighted by Crippen LogP contribution is 2.17. The number of ether oxygens (including phenoxy) is 2. The molecule has 0 radical (unpaired) electrons. The number of benzene rings is 1. The number of rotatable bonds is 14. The van der Waals surface area contributed by atoms with E-state index in [0.717, 1.165) is 17.3 Å². The van der Waals surface area contributed by atoms with Crippen LogP contribution in [-0.4, -0.2) is 18.5 Å². The summed E-state index contributed by atoms with van der Waals surface area (Å²) < 4.78 is 11.2. The highest BCUT2D eigenvalue weighted by molar-refractivity contribution is 9.10. The van der Waals surface area contributed by atoms with Crippen LogP contribution in [0.4, 0.5) is 0 Å². The summed E-state index contributed by atoms with van der Waals surface area (Å²) in [5, 5.41) is 0. The zero-order valence-electron chi connectivity index (χ0n) is 17.5. The minimum atomic E-state index is -0.356. The quantitative estimate of drug-likeness (QED) is 0.134. The van der Waals surface area contributed by atoms with Gasteiger partial charge in [-0.15, -0.1) is 0 Å². The molecule has 1 aromatic rings. The molecule has 0 aromatic heterocycles. The summed E-state index contributed by atoms with van der Waals surface area (Å²) in [6.07, 6.45) is 11.9. The van der Waals surface area contributed by atoms with E-state index in [0.29, 0.717) is 12.2 Å². The fourth-order valence-electron chi connectivity index (χ4n) is 2.74. The lowest BCUT2D eigenvalue weighted by molar-refractivity contribution is -0.142. The first-order valence-electron chi connectivity index (χ1n) is 10.7. The van der Waals surface area contributed by atoms with Gasteiger partial charge in [0.15, 0.2) is 6.61 Å². The third-order valence-corrected chi connectivity index (χ3v) is 4.92. The van der Waals surface area contributed by atoms with Gasteiger partial charge in [-0.3, -0.25) is 9.59 Å². The van der Waals surface area contributed by atoms with Gasteiger partial charge < -0.3 is 9.47 Å². The number of halogens is 1. The van der Waals surface area contributed by atoms with Crippen LogP contribution in [0.25, 0.3) is 0 Å². The molecule has 0 amide bonds. The maximum atomic E-state index is 11.7. The van der Waals surface area contributed by atoms with Crippen LogP contribution < -0.4 is 4.74 Å². The SMILES string of the molecule is CCCCCCCCCCC#CCOC(=O)CCCC(=O)Oc1ccc(Br)cc1. The molecule has 0 saturated heterocycles. The molecule has 0 spiro atoms. The molecule has 0 aliphatic rings. The standard InChI is InChI=1S/C24H33BrO4/c1-2-3-4-5-6-7-8-9-10-11-12-20-28-23(26)14-13-15-24(27)29-22-18-16-21(25)17-19-22/h16-19H,2-10,13-15,20H2,1H3. The molecule has 0 N–H and O–H groups in total. The molecule has 0 aliphatic carbocycles. The summed E-state index contributed by atoms with van der Waals surface area (Å²) >= 11 is 3.32. The molecule has 160 valence electrons. The maximum absolute atomic E-state index is 11.7. The van der Waals surface area contributed by atoms with Crippen molar-refractivity contribution in [3.63, 3.8) is 0 Å². The van der Waals surface area contributed by atoms with E-state index in [1.54, 1.807) is 24.3 Å². The summed E-state index contributed by atoms with van der Waals surface area (Å²) in [6.45, 7) is 2.36. The molecule has 0 aliphatic heterocycles. The van der Waals surface area contributed by atoms with Crippen LogP contribution in [0.3, 0.4) is 0 Å². The Hall–Kier alpha value is -1.80.